The SMILES string of the molecule is CCOC(=O)N(Nc1ccccc1OC)c1ccc(-n2[nH]c(C)c(C=Nc3ccccc3OC)c2=O)cc1. The molecule has 1 heterocycles. The van der Waals surface area contributed by atoms with Crippen LogP contribution in [0.5, 0.6) is 11.5 Å². The number of benzene rings is 3. The van der Waals surface area contributed by atoms with Crippen LogP contribution in [0.25, 0.3) is 5.69 Å². The number of aromatic amines is 1. The van der Waals surface area contributed by atoms with Crippen molar-refractivity contribution in [3.05, 3.63) is 94.4 Å². The Labute approximate surface area is 220 Å². The first kappa shape index (κ1) is 26.1. The van der Waals surface area contributed by atoms with Gasteiger partial charge in [0.2, 0.25) is 0 Å². The Bertz CT molecular complexity index is 1490. The summed E-state index contributed by atoms with van der Waals surface area (Å²) in [5, 5.41) is 4.36. The quantitative estimate of drug-likeness (QED) is 0.233. The maximum Gasteiger partial charge on any atom is 0.433 e. The summed E-state index contributed by atoms with van der Waals surface area (Å²) in [6.45, 7) is 3.74. The lowest BCUT2D eigenvalue weighted by Gasteiger charge is -2.24. The smallest absolute Gasteiger partial charge is 0.433 e. The summed E-state index contributed by atoms with van der Waals surface area (Å²) < 4.78 is 17.4. The van der Waals surface area contributed by atoms with Crippen LogP contribution in [0.1, 0.15) is 18.2 Å². The lowest BCUT2D eigenvalue weighted by atomic mass is 10.2. The van der Waals surface area contributed by atoms with Crippen molar-refractivity contribution < 1.29 is 19.0 Å². The number of anilines is 2. The summed E-state index contributed by atoms with van der Waals surface area (Å²) in [6.07, 6.45) is 0.935. The van der Waals surface area contributed by atoms with Crippen molar-refractivity contribution in [2.24, 2.45) is 4.99 Å². The molecule has 10 heteroatoms. The molecule has 38 heavy (non-hydrogen) atoms. The summed E-state index contributed by atoms with van der Waals surface area (Å²) in [5.41, 5.74) is 6.17. The topological polar surface area (TPSA) is 110 Å². The van der Waals surface area contributed by atoms with Crippen molar-refractivity contribution in [2.75, 3.05) is 31.3 Å². The number of aromatic nitrogens is 2. The van der Waals surface area contributed by atoms with E-state index < -0.39 is 6.09 Å². The standard InChI is InChI=1S/C28H29N5O5/c1-5-38-28(35)33(31-24-11-7-9-13-26(24)37-4)21-16-14-20(15-17-21)32-27(34)22(19(2)30-32)18-29-23-10-6-8-12-25(23)36-3/h6-18,30-31H,5H2,1-4H3. The number of ether oxygens (including phenoxy) is 3. The number of aliphatic imine (C=N–C) groups is 1. The Morgan fingerprint density at radius 1 is 1.00 bits per heavy atom. The van der Waals surface area contributed by atoms with Crippen LogP contribution in [0, 0.1) is 6.92 Å². The first-order valence-electron chi connectivity index (χ1n) is 11.9. The van der Waals surface area contributed by atoms with Gasteiger partial charge in [-0.2, -0.15) is 5.01 Å². The van der Waals surface area contributed by atoms with E-state index in [4.69, 9.17) is 14.2 Å². The van der Waals surface area contributed by atoms with E-state index in [2.05, 4.69) is 15.5 Å². The molecule has 0 spiro atoms. The van der Waals surface area contributed by atoms with E-state index in [1.807, 2.05) is 30.3 Å². The van der Waals surface area contributed by atoms with Gasteiger partial charge in [0.15, 0.2) is 0 Å². The predicted octanol–water partition coefficient (Wildman–Crippen LogP) is 5.23. The number of aryl methyl sites for hydroxylation is 1. The number of para-hydroxylation sites is 4. The number of methoxy groups -OCH3 is 2. The first-order valence-corrected chi connectivity index (χ1v) is 11.9. The van der Waals surface area contributed by atoms with Gasteiger partial charge in [-0.3, -0.25) is 20.3 Å². The molecule has 1 aromatic heterocycles. The lowest BCUT2D eigenvalue weighted by molar-refractivity contribution is 0.161. The van der Waals surface area contributed by atoms with Gasteiger partial charge in [0.25, 0.3) is 5.56 Å². The minimum Gasteiger partial charge on any atom is -0.495 e. The van der Waals surface area contributed by atoms with Gasteiger partial charge in [-0.1, -0.05) is 24.3 Å². The maximum atomic E-state index is 13.2. The third-order valence-corrected chi connectivity index (χ3v) is 5.69. The summed E-state index contributed by atoms with van der Waals surface area (Å²) in [7, 11) is 3.12. The fraction of sp³-hybridized carbons (Fsp3) is 0.179. The van der Waals surface area contributed by atoms with Gasteiger partial charge < -0.3 is 14.2 Å². The number of H-pyrrole nitrogens is 1. The summed E-state index contributed by atoms with van der Waals surface area (Å²) in [6, 6.07) is 21.4. The van der Waals surface area contributed by atoms with Gasteiger partial charge >= 0.3 is 6.09 Å². The summed E-state index contributed by atoms with van der Waals surface area (Å²) in [5.74, 6) is 1.18. The Balaban J connectivity index is 1.63. The van der Waals surface area contributed by atoms with Gasteiger partial charge in [-0.05, 0) is 62.4 Å². The van der Waals surface area contributed by atoms with Crippen molar-refractivity contribution in [3.63, 3.8) is 0 Å². The molecular weight excluding hydrogens is 486 g/mol. The van der Waals surface area contributed by atoms with Gasteiger partial charge in [-0.15, -0.1) is 0 Å². The number of nitrogens with zero attached hydrogens (tertiary/aromatic N) is 3. The summed E-state index contributed by atoms with van der Waals surface area (Å²) >= 11 is 0. The van der Waals surface area contributed by atoms with E-state index in [1.165, 1.54) is 15.9 Å². The molecule has 0 saturated carbocycles. The Morgan fingerprint density at radius 2 is 1.66 bits per heavy atom. The van der Waals surface area contributed by atoms with Crippen LogP contribution in [0.4, 0.5) is 21.9 Å². The molecule has 1 amide bonds. The highest BCUT2D eigenvalue weighted by molar-refractivity contribution is 5.90. The molecule has 0 saturated heterocycles. The minimum atomic E-state index is -0.589. The predicted molar refractivity (Wildman–Crippen MR) is 147 cm³/mol. The molecule has 0 aliphatic rings. The van der Waals surface area contributed by atoms with Crippen LogP contribution in [0.3, 0.4) is 0 Å². The first-order chi connectivity index (χ1) is 18.5. The molecule has 4 aromatic rings. The second-order valence-corrected chi connectivity index (χ2v) is 8.08. The molecule has 0 fully saturated rings. The van der Waals surface area contributed by atoms with Crippen molar-refractivity contribution in [3.8, 4) is 17.2 Å². The maximum absolute atomic E-state index is 13.2. The highest BCUT2D eigenvalue weighted by Crippen LogP contribution is 2.27. The van der Waals surface area contributed by atoms with Crippen LogP contribution in [0.15, 0.2) is 82.6 Å². The van der Waals surface area contributed by atoms with Crippen molar-refractivity contribution in [2.45, 2.75) is 13.8 Å². The number of hydrogen-bond donors (Lipinski definition) is 2. The number of amides is 1. The number of nitrogens with one attached hydrogen (secondary N) is 2. The van der Waals surface area contributed by atoms with Crippen molar-refractivity contribution >= 4 is 29.4 Å². The van der Waals surface area contributed by atoms with Gasteiger partial charge in [0.05, 0.1) is 43.5 Å². The molecule has 10 nitrogen and oxygen atoms in total. The zero-order valence-corrected chi connectivity index (χ0v) is 21.6. The zero-order chi connectivity index (χ0) is 27.1. The minimum absolute atomic E-state index is 0.206. The Morgan fingerprint density at radius 3 is 2.34 bits per heavy atom. The van der Waals surface area contributed by atoms with Gasteiger partial charge in [-0.25, -0.2) is 9.48 Å². The average Bonchev–Trinajstić information content (AvgIpc) is 3.23. The van der Waals surface area contributed by atoms with Crippen LogP contribution >= 0.6 is 0 Å². The molecule has 196 valence electrons. The monoisotopic (exact) mass is 515 g/mol. The molecular formula is C28H29N5O5. The fourth-order valence-electron chi connectivity index (χ4n) is 3.78. The zero-order valence-electron chi connectivity index (χ0n) is 21.6. The molecule has 0 bridgehead atoms. The van der Waals surface area contributed by atoms with Crippen molar-refractivity contribution in [1.29, 1.82) is 0 Å². The molecule has 0 atom stereocenters. The largest absolute Gasteiger partial charge is 0.495 e. The van der Waals surface area contributed by atoms with Crippen LogP contribution in [-0.2, 0) is 4.74 Å². The molecule has 3 aromatic carbocycles. The third-order valence-electron chi connectivity index (χ3n) is 5.69. The molecule has 0 radical (unpaired) electrons. The van der Waals surface area contributed by atoms with E-state index in [0.717, 1.165) is 0 Å². The number of carbonyl (C=O) groups is 1. The lowest BCUT2D eigenvalue weighted by Crippen LogP contribution is -2.37. The average molecular weight is 516 g/mol. The van der Waals surface area contributed by atoms with E-state index in [9.17, 15) is 9.59 Å². The normalized spacial score (nSPS) is 10.8. The second kappa shape index (κ2) is 11.8. The van der Waals surface area contributed by atoms with Crippen molar-refractivity contribution in [1.82, 2.24) is 9.78 Å². The second-order valence-electron chi connectivity index (χ2n) is 8.08. The molecule has 0 aliphatic heterocycles. The molecule has 4 rings (SSSR count). The molecule has 0 unspecified atom stereocenters. The van der Waals surface area contributed by atoms with Gasteiger partial charge in [0, 0.05) is 11.9 Å². The third kappa shape index (κ3) is 5.54. The summed E-state index contributed by atoms with van der Waals surface area (Å²) in [4.78, 5) is 30.4. The molecule has 2 N–H and O–H groups in total. The van der Waals surface area contributed by atoms with E-state index in [1.54, 1.807) is 70.5 Å². The molecule has 0 aliphatic carbocycles. The number of hydrogen-bond acceptors (Lipinski definition) is 7. The number of carbonyl (C=O) groups excluding carboxylic acids is 1. The van der Waals surface area contributed by atoms with Crippen LogP contribution < -0.4 is 25.5 Å². The Kier molecular flexibility index (Phi) is 8.12. The highest BCUT2D eigenvalue weighted by atomic mass is 16.6. The fourth-order valence-corrected chi connectivity index (χ4v) is 3.78. The van der Waals surface area contributed by atoms with Gasteiger partial charge in [0.1, 0.15) is 17.2 Å². The van der Waals surface area contributed by atoms with Crippen LogP contribution in [0.2, 0.25) is 0 Å². The Hall–Kier alpha value is -4.99. The highest BCUT2D eigenvalue weighted by Gasteiger charge is 2.19. The van der Waals surface area contributed by atoms with E-state index in [-0.39, 0.29) is 12.2 Å². The number of rotatable bonds is 9. The van der Waals surface area contributed by atoms with E-state index in [0.29, 0.717) is 45.5 Å². The van der Waals surface area contributed by atoms with Crippen LogP contribution in [-0.4, -0.2) is 42.9 Å². The number of hydrazine groups is 1. The van der Waals surface area contributed by atoms with E-state index >= 15 is 0 Å².